The van der Waals surface area contributed by atoms with E-state index >= 15 is 0 Å². The Morgan fingerprint density at radius 2 is 1.67 bits per heavy atom. The molecule has 2 N–H and O–H groups in total. The third-order valence-corrected chi connectivity index (χ3v) is 3.22. The van der Waals surface area contributed by atoms with E-state index in [1.165, 1.54) is 0 Å². The first-order chi connectivity index (χ1) is 8.34. The van der Waals surface area contributed by atoms with Crippen molar-refractivity contribution in [3.63, 3.8) is 0 Å². The van der Waals surface area contributed by atoms with E-state index < -0.39 is 0 Å². The lowest BCUT2D eigenvalue weighted by atomic mass is 9.95. The molecule has 0 aliphatic rings. The normalized spacial score (nSPS) is 11.3. The second kappa shape index (κ2) is 5.80. The maximum atomic E-state index is 6.07. The number of nitrogens with two attached hydrogens (primary N) is 1. The molecule has 0 bridgehead atoms. The summed E-state index contributed by atoms with van der Waals surface area (Å²) in [7, 11) is 4.79. The summed E-state index contributed by atoms with van der Waals surface area (Å²) in [6.45, 7) is 3.94. The average Bonchev–Trinajstić information content (AvgIpc) is 2.29. The molecule has 0 saturated heterocycles. The summed E-state index contributed by atoms with van der Waals surface area (Å²) < 4.78 is 17.0. The van der Waals surface area contributed by atoms with E-state index in [0.29, 0.717) is 23.7 Å². The van der Waals surface area contributed by atoms with Crippen LogP contribution in [0.15, 0.2) is 10.5 Å². The molecule has 1 rings (SSSR count). The van der Waals surface area contributed by atoms with E-state index in [0.717, 1.165) is 10.0 Å². The number of methoxy groups -OCH3 is 3. The van der Waals surface area contributed by atoms with E-state index in [1.54, 1.807) is 21.3 Å². The Morgan fingerprint density at radius 1 is 1.11 bits per heavy atom. The van der Waals surface area contributed by atoms with Gasteiger partial charge >= 0.3 is 0 Å². The molecule has 18 heavy (non-hydrogen) atoms. The minimum Gasteiger partial charge on any atom is -0.493 e. The highest BCUT2D eigenvalue weighted by Crippen LogP contribution is 2.44. The second-order valence-corrected chi connectivity index (χ2v) is 5.63. The number of rotatable bonds is 5. The molecule has 0 aliphatic heterocycles. The van der Waals surface area contributed by atoms with Crippen LogP contribution < -0.4 is 19.9 Å². The monoisotopic (exact) mass is 317 g/mol. The van der Waals surface area contributed by atoms with Crippen molar-refractivity contribution >= 4 is 15.9 Å². The third-order valence-electron chi connectivity index (χ3n) is 2.51. The van der Waals surface area contributed by atoms with Gasteiger partial charge in [-0.3, -0.25) is 0 Å². The minimum absolute atomic E-state index is 0.338. The lowest BCUT2D eigenvalue weighted by molar-refractivity contribution is 0.320. The number of ether oxygens (including phenoxy) is 3. The molecule has 1 aromatic carbocycles. The van der Waals surface area contributed by atoms with Gasteiger partial charge in [0.25, 0.3) is 0 Å². The summed E-state index contributed by atoms with van der Waals surface area (Å²) >= 11 is 3.52. The van der Waals surface area contributed by atoms with Crippen LogP contribution in [0, 0.1) is 0 Å². The van der Waals surface area contributed by atoms with E-state index in [-0.39, 0.29) is 5.54 Å². The molecular weight excluding hydrogens is 298 g/mol. The van der Waals surface area contributed by atoms with Gasteiger partial charge in [-0.15, -0.1) is 0 Å². The van der Waals surface area contributed by atoms with Crippen molar-refractivity contribution in [3.8, 4) is 17.2 Å². The standard InChI is InChI=1S/C13H20BrNO3/c1-13(2,15)7-8-9(14)6-10(16-3)12(18-5)11(8)17-4/h6H,7,15H2,1-5H3. The van der Waals surface area contributed by atoms with Gasteiger partial charge in [0.1, 0.15) is 0 Å². The smallest absolute Gasteiger partial charge is 0.203 e. The van der Waals surface area contributed by atoms with Crippen molar-refractivity contribution in [2.24, 2.45) is 5.73 Å². The van der Waals surface area contributed by atoms with Gasteiger partial charge < -0.3 is 19.9 Å². The molecule has 5 heteroatoms. The van der Waals surface area contributed by atoms with Gasteiger partial charge in [0.15, 0.2) is 11.5 Å². The SMILES string of the molecule is COc1cc(Br)c(CC(C)(C)N)c(OC)c1OC. The van der Waals surface area contributed by atoms with Gasteiger partial charge in [-0.1, -0.05) is 15.9 Å². The molecule has 0 aliphatic carbocycles. The van der Waals surface area contributed by atoms with Crippen LogP contribution in [0.1, 0.15) is 19.4 Å². The molecule has 0 heterocycles. The van der Waals surface area contributed by atoms with Crippen LogP contribution in [-0.2, 0) is 6.42 Å². The van der Waals surface area contributed by atoms with Crippen LogP contribution in [0.25, 0.3) is 0 Å². The molecule has 1 aromatic rings. The van der Waals surface area contributed by atoms with Crippen LogP contribution in [0.2, 0.25) is 0 Å². The summed E-state index contributed by atoms with van der Waals surface area (Å²) in [5.41, 5.74) is 6.71. The Labute approximate surface area is 117 Å². The predicted molar refractivity (Wildman–Crippen MR) is 75.8 cm³/mol. The van der Waals surface area contributed by atoms with Crippen LogP contribution in [-0.4, -0.2) is 26.9 Å². The molecular formula is C13H20BrNO3. The Balaban J connectivity index is 3.41. The lowest BCUT2D eigenvalue weighted by Gasteiger charge is -2.23. The Bertz CT molecular complexity index is 427. The molecule has 102 valence electrons. The highest BCUT2D eigenvalue weighted by Gasteiger charge is 2.23. The number of benzene rings is 1. The first-order valence-electron chi connectivity index (χ1n) is 5.60. The van der Waals surface area contributed by atoms with Crippen molar-refractivity contribution in [2.45, 2.75) is 25.8 Å². The zero-order chi connectivity index (χ0) is 13.9. The molecule has 0 saturated carbocycles. The fraction of sp³-hybridized carbons (Fsp3) is 0.538. The maximum Gasteiger partial charge on any atom is 0.203 e. The molecule has 0 spiro atoms. The average molecular weight is 318 g/mol. The van der Waals surface area contributed by atoms with Crippen molar-refractivity contribution in [1.82, 2.24) is 0 Å². The van der Waals surface area contributed by atoms with E-state index in [2.05, 4.69) is 15.9 Å². The first kappa shape index (κ1) is 15.1. The minimum atomic E-state index is -0.338. The number of hydrogen-bond donors (Lipinski definition) is 1. The fourth-order valence-corrected chi connectivity index (χ4v) is 2.33. The van der Waals surface area contributed by atoms with E-state index in [1.807, 2.05) is 19.9 Å². The highest BCUT2D eigenvalue weighted by atomic mass is 79.9. The van der Waals surface area contributed by atoms with Crippen LogP contribution in [0.3, 0.4) is 0 Å². The number of hydrogen-bond acceptors (Lipinski definition) is 4. The molecule has 0 unspecified atom stereocenters. The third kappa shape index (κ3) is 3.29. The van der Waals surface area contributed by atoms with Gasteiger partial charge in [0.2, 0.25) is 5.75 Å². The van der Waals surface area contributed by atoms with Crippen LogP contribution >= 0.6 is 15.9 Å². The quantitative estimate of drug-likeness (QED) is 0.907. The Morgan fingerprint density at radius 3 is 2.06 bits per heavy atom. The highest BCUT2D eigenvalue weighted by molar-refractivity contribution is 9.10. The van der Waals surface area contributed by atoms with Gasteiger partial charge in [-0.05, 0) is 26.3 Å². The van der Waals surface area contributed by atoms with E-state index in [4.69, 9.17) is 19.9 Å². The number of halogens is 1. The van der Waals surface area contributed by atoms with E-state index in [9.17, 15) is 0 Å². The summed E-state index contributed by atoms with van der Waals surface area (Å²) in [4.78, 5) is 0. The predicted octanol–water partition coefficient (Wildman–Crippen LogP) is 2.75. The van der Waals surface area contributed by atoms with Gasteiger partial charge in [0, 0.05) is 15.6 Å². The molecule has 0 radical (unpaired) electrons. The topological polar surface area (TPSA) is 53.7 Å². The van der Waals surface area contributed by atoms with Crippen molar-refractivity contribution < 1.29 is 14.2 Å². The Kier molecular flexibility index (Phi) is 4.87. The lowest BCUT2D eigenvalue weighted by Crippen LogP contribution is -2.34. The molecule has 4 nitrogen and oxygen atoms in total. The van der Waals surface area contributed by atoms with Crippen molar-refractivity contribution in [1.29, 1.82) is 0 Å². The van der Waals surface area contributed by atoms with Crippen molar-refractivity contribution in [3.05, 3.63) is 16.1 Å². The van der Waals surface area contributed by atoms with Gasteiger partial charge in [-0.25, -0.2) is 0 Å². The summed E-state index contributed by atoms with van der Waals surface area (Å²) in [6.07, 6.45) is 0.664. The Hall–Kier alpha value is -0.940. The fourth-order valence-electron chi connectivity index (χ4n) is 1.81. The summed E-state index contributed by atoms with van der Waals surface area (Å²) in [5, 5.41) is 0. The summed E-state index contributed by atoms with van der Waals surface area (Å²) in [5.74, 6) is 1.87. The van der Waals surface area contributed by atoms with Crippen LogP contribution in [0.5, 0.6) is 17.2 Å². The molecule has 0 fully saturated rings. The van der Waals surface area contributed by atoms with Gasteiger partial charge in [-0.2, -0.15) is 0 Å². The van der Waals surface area contributed by atoms with Gasteiger partial charge in [0.05, 0.1) is 21.3 Å². The molecule has 0 amide bonds. The maximum absolute atomic E-state index is 6.07. The zero-order valence-electron chi connectivity index (χ0n) is 11.5. The van der Waals surface area contributed by atoms with Crippen LogP contribution in [0.4, 0.5) is 0 Å². The second-order valence-electron chi connectivity index (χ2n) is 4.77. The molecule has 0 atom stereocenters. The first-order valence-corrected chi connectivity index (χ1v) is 6.39. The zero-order valence-corrected chi connectivity index (χ0v) is 13.1. The molecule has 0 aromatic heterocycles. The summed E-state index contributed by atoms with van der Waals surface area (Å²) in [6, 6.07) is 1.86. The largest absolute Gasteiger partial charge is 0.493 e. The van der Waals surface area contributed by atoms with Crippen molar-refractivity contribution in [2.75, 3.05) is 21.3 Å².